The minimum absolute atomic E-state index is 0.00900. The number of nitrogens with one attached hydrogen (secondary N) is 1. The molecule has 5 heterocycles. The minimum Gasteiger partial charge on any atom is -0.463 e. The van der Waals surface area contributed by atoms with Crippen LogP contribution in [0.5, 0.6) is 6.01 Å². The van der Waals surface area contributed by atoms with Crippen LogP contribution in [0, 0.1) is 28.4 Å². The Hall–Kier alpha value is -3.37. The number of anilines is 2. The SMILES string of the molecule is N#Cc1c(N)sc2c(F)ccc(-c3c(Cl)cc4c(N5CC6CCC(C5)N6)nc(OCC5(CN6CCC(F)C6)CCC5)nc4c3F)c12. The van der Waals surface area contributed by atoms with Gasteiger partial charge in [-0.15, -0.1) is 11.3 Å². The summed E-state index contributed by atoms with van der Waals surface area (Å²) in [5, 5.41) is 14.4. The van der Waals surface area contributed by atoms with E-state index in [0.717, 1.165) is 56.5 Å². The van der Waals surface area contributed by atoms with E-state index in [9.17, 15) is 14.0 Å². The van der Waals surface area contributed by atoms with Gasteiger partial charge in [0.15, 0.2) is 5.82 Å². The van der Waals surface area contributed by atoms with Crippen molar-refractivity contribution in [2.75, 3.05) is 50.0 Å². The molecular formula is C33H33ClF3N7OS. The van der Waals surface area contributed by atoms with Crippen LogP contribution in [-0.2, 0) is 0 Å². The van der Waals surface area contributed by atoms with Gasteiger partial charge in [0.1, 0.15) is 34.4 Å². The number of likely N-dealkylation sites (tertiary alicyclic amines) is 1. The summed E-state index contributed by atoms with van der Waals surface area (Å²) < 4.78 is 52.2. The van der Waals surface area contributed by atoms with Crippen LogP contribution in [0.25, 0.3) is 32.1 Å². The van der Waals surface area contributed by atoms with Crippen LogP contribution in [0.15, 0.2) is 18.2 Å². The highest BCUT2D eigenvalue weighted by molar-refractivity contribution is 7.23. The largest absolute Gasteiger partial charge is 0.463 e. The highest BCUT2D eigenvalue weighted by Gasteiger charge is 2.41. The van der Waals surface area contributed by atoms with E-state index in [1.165, 1.54) is 12.1 Å². The van der Waals surface area contributed by atoms with E-state index in [2.05, 4.69) is 20.1 Å². The molecule has 3 unspecified atom stereocenters. The maximum atomic E-state index is 16.9. The van der Waals surface area contributed by atoms with Gasteiger partial charge >= 0.3 is 6.01 Å². The number of aromatic nitrogens is 2. The number of fused-ring (bicyclic) bond motifs is 4. The van der Waals surface area contributed by atoms with Gasteiger partial charge in [-0.05, 0) is 49.8 Å². The molecule has 2 aromatic heterocycles. The molecular weight excluding hydrogens is 635 g/mol. The molecule has 1 aliphatic carbocycles. The van der Waals surface area contributed by atoms with Crippen LogP contribution in [0.2, 0.25) is 5.02 Å². The lowest BCUT2D eigenvalue weighted by molar-refractivity contribution is 0.0196. The fourth-order valence-electron chi connectivity index (χ4n) is 7.84. The Morgan fingerprint density at radius 3 is 2.61 bits per heavy atom. The number of nitrogens with two attached hydrogens (primary N) is 1. The maximum Gasteiger partial charge on any atom is 0.319 e. The molecule has 3 N–H and O–H groups in total. The van der Waals surface area contributed by atoms with Gasteiger partial charge in [-0.2, -0.15) is 15.2 Å². The summed E-state index contributed by atoms with van der Waals surface area (Å²) in [7, 11) is 0. The van der Waals surface area contributed by atoms with Gasteiger partial charge < -0.3 is 20.7 Å². The lowest BCUT2D eigenvalue weighted by atomic mass is 9.69. The molecule has 1 saturated carbocycles. The second-order valence-electron chi connectivity index (χ2n) is 13.3. The monoisotopic (exact) mass is 667 g/mol. The topological polar surface area (TPSA) is 103 Å². The number of hydrogen-bond donors (Lipinski definition) is 2. The van der Waals surface area contributed by atoms with Gasteiger partial charge in [0.05, 0.1) is 21.9 Å². The Kier molecular flexibility index (Phi) is 7.44. The number of alkyl halides is 1. The van der Waals surface area contributed by atoms with Crippen molar-refractivity contribution in [1.82, 2.24) is 20.2 Å². The predicted molar refractivity (Wildman–Crippen MR) is 174 cm³/mol. The normalized spacial score (nSPS) is 24.1. The van der Waals surface area contributed by atoms with Gasteiger partial charge in [0.2, 0.25) is 0 Å². The molecule has 8 nitrogen and oxygen atoms in total. The number of halogens is 4. The predicted octanol–water partition coefficient (Wildman–Crippen LogP) is 6.43. The quantitative estimate of drug-likeness (QED) is 0.233. The van der Waals surface area contributed by atoms with Crippen molar-refractivity contribution in [3.8, 4) is 23.2 Å². The summed E-state index contributed by atoms with van der Waals surface area (Å²) in [6, 6.07) is 7.02. The number of ether oxygens (including phenoxy) is 1. The first-order chi connectivity index (χ1) is 22.2. The van der Waals surface area contributed by atoms with Crippen LogP contribution >= 0.6 is 22.9 Å². The maximum absolute atomic E-state index is 16.9. The van der Waals surface area contributed by atoms with Crippen molar-refractivity contribution in [1.29, 1.82) is 5.26 Å². The number of nitriles is 1. The van der Waals surface area contributed by atoms with Gasteiger partial charge in [-0.25, -0.2) is 13.2 Å². The summed E-state index contributed by atoms with van der Waals surface area (Å²) in [6.45, 7) is 3.67. The lowest BCUT2D eigenvalue weighted by Gasteiger charge is -2.43. The molecule has 4 aromatic rings. The van der Waals surface area contributed by atoms with Crippen LogP contribution in [0.4, 0.5) is 24.0 Å². The Labute approximate surface area is 273 Å². The molecule has 3 aliphatic heterocycles. The molecule has 0 amide bonds. The first-order valence-electron chi connectivity index (χ1n) is 15.8. The highest BCUT2D eigenvalue weighted by atomic mass is 35.5. The molecule has 4 aliphatic rings. The molecule has 8 rings (SSSR count). The highest BCUT2D eigenvalue weighted by Crippen LogP contribution is 2.47. The third kappa shape index (κ3) is 5.03. The van der Waals surface area contributed by atoms with Crippen LogP contribution in [0.3, 0.4) is 0 Å². The molecule has 3 saturated heterocycles. The number of hydrogen-bond acceptors (Lipinski definition) is 9. The summed E-state index contributed by atoms with van der Waals surface area (Å²) in [5.41, 5.74) is 6.33. The van der Waals surface area contributed by atoms with Crippen molar-refractivity contribution in [3.63, 3.8) is 0 Å². The van der Waals surface area contributed by atoms with Gasteiger partial charge in [0.25, 0.3) is 0 Å². The van der Waals surface area contributed by atoms with Crippen molar-refractivity contribution < 1.29 is 17.9 Å². The standard InChI is InChI=1S/C33H33ClF3N7OS/c34-23-10-21-28(27(37)26(23)20-4-5-24(36)29-25(20)22(11-38)30(39)46-29)41-32(42-31(21)44-13-18-2-3-19(14-44)40-18)45-16-33(7-1-8-33)15-43-9-6-17(35)12-43/h4-5,10,17-19,40H,1-3,6-9,12-16,39H2. The molecule has 13 heteroatoms. The van der Waals surface area contributed by atoms with Gasteiger partial charge in [-0.3, -0.25) is 4.90 Å². The van der Waals surface area contributed by atoms with E-state index in [4.69, 9.17) is 27.1 Å². The zero-order valence-corrected chi connectivity index (χ0v) is 26.7. The number of benzene rings is 2. The molecule has 0 radical (unpaired) electrons. The molecule has 2 aromatic carbocycles. The van der Waals surface area contributed by atoms with Crippen molar-refractivity contribution in [3.05, 3.63) is 40.4 Å². The zero-order chi connectivity index (χ0) is 31.7. The van der Waals surface area contributed by atoms with Crippen LogP contribution in [-0.4, -0.2) is 72.5 Å². The molecule has 240 valence electrons. The second-order valence-corrected chi connectivity index (χ2v) is 14.8. The number of rotatable bonds is 7. The summed E-state index contributed by atoms with van der Waals surface area (Å²) >= 11 is 7.80. The Bertz CT molecular complexity index is 1900. The van der Waals surface area contributed by atoms with Crippen molar-refractivity contribution in [2.45, 2.75) is 56.8 Å². The summed E-state index contributed by atoms with van der Waals surface area (Å²) in [4.78, 5) is 13.8. The van der Waals surface area contributed by atoms with E-state index in [0.29, 0.717) is 55.9 Å². The fourth-order valence-corrected chi connectivity index (χ4v) is 9.08. The first-order valence-corrected chi connectivity index (χ1v) is 17.0. The molecule has 2 bridgehead atoms. The number of nitrogen functional groups attached to an aromatic ring is 1. The Morgan fingerprint density at radius 1 is 1.15 bits per heavy atom. The van der Waals surface area contributed by atoms with E-state index in [-0.39, 0.29) is 53.7 Å². The lowest BCUT2D eigenvalue weighted by Crippen LogP contribution is -2.51. The molecule has 3 atom stereocenters. The zero-order valence-electron chi connectivity index (χ0n) is 25.1. The third-order valence-corrected chi connectivity index (χ3v) is 11.6. The Morgan fingerprint density at radius 2 is 1.93 bits per heavy atom. The van der Waals surface area contributed by atoms with Gasteiger partial charge in [-0.1, -0.05) is 24.1 Å². The third-order valence-electron chi connectivity index (χ3n) is 10.3. The van der Waals surface area contributed by atoms with Crippen LogP contribution in [0.1, 0.15) is 44.1 Å². The smallest absolute Gasteiger partial charge is 0.319 e. The number of nitrogens with zero attached hydrogens (tertiary/aromatic N) is 5. The van der Waals surface area contributed by atoms with Crippen LogP contribution < -0.4 is 20.7 Å². The molecule has 0 spiro atoms. The van der Waals surface area contributed by atoms with Crippen molar-refractivity contribution in [2.24, 2.45) is 5.41 Å². The van der Waals surface area contributed by atoms with E-state index in [1.807, 2.05) is 6.07 Å². The van der Waals surface area contributed by atoms with Gasteiger partial charge in [0, 0.05) is 66.6 Å². The first kappa shape index (κ1) is 30.0. The second kappa shape index (κ2) is 11.4. The summed E-state index contributed by atoms with van der Waals surface area (Å²) in [6.07, 6.45) is 4.86. The van der Waals surface area contributed by atoms with E-state index in [1.54, 1.807) is 6.07 Å². The molecule has 46 heavy (non-hydrogen) atoms. The average Bonchev–Trinajstić information content (AvgIpc) is 3.70. The van der Waals surface area contributed by atoms with E-state index >= 15 is 4.39 Å². The van der Waals surface area contributed by atoms with E-state index < -0.39 is 17.8 Å². The number of thiophene rings is 1. The molecule has 4 fully saturated rings. The average molecular weight is 668 g/mol. The minimum atomic E-state index is -0.792. The fraction of sp³-hybridized carbons (Fsp3) is 0.485. The number of piperazine rings is 1. The Balaban J connectivity index is 1.24. The summed E-state index contributed by atoms with van der Waals surface area (Å²) in [5.74, 6) is -0.709. The van der Waals surface area contributed by atoms with Crippen molar-refractivity contribution >= 4 is 54.7 Å².